The Morgan fingerprint density at radius 3 is 2.80 bits per heavy atom. The molecule has 1 heterocycles. The molecule has 1 aromatic carbocycles. The number of aromatic nitrogens is 2. The van der Waals surface area contributed by atoms with Crippen molar-refractivity contribution in [1.82, 2.24) is 9.78 Å². The molecule has 0 fully saturated rings. The van der Waals surface area contributed by atoms with Crippen LogP contribution in [0.2, 0.25) is 0 Å². The Balaban J connectivity index is 2.12. The molecule has 0 radical (unpaired) electrons. The van der Waals surface area contributed by atoms with Crippen LogP contribution in [0.3, 0.4) is 0 Å². The van der Waals surface area contributed by atoms with Crippen molar-refractivity contribution in [2.75, 3.05) is 18.2 Å². The van der Waals surface area contributed by atoms with Crippen molar-refractivity contribution in [2.45, 2.75) is 6.54 Å². The minimum Gasteiger partial charge on any atom is -0.480 e. The number of hydrogen-bond acceptors (Lipinski definition) is 5. The zero-order valence-electron chi connectivity index (χ0n) is 10.9. The minimum atomic E-state index is -0.397. The predicted octanol–water partition coefficient (Wildman–Crippen LogP) is 0.473. The maximum Gasteiger partial charge on any atom is 0.267 e. The summed E-state index contributed by atoms with van der Waals surface area (Å²) in [6.45, 7) is -0.218. The van der Waals surface area contributed by atoms with Gasteiger partial charge >= 0.3 is 0 Å². The monoisotopic (exact) mass is 274 g/mol. The highest BCUT2D eigenvalue weighted by Gasteiger charge is 2.08. The van der Waals surface area contributed by atoms with E-state index in [4.69, 9.17) is 10.5 Å². The summed E-state index contributed by atoms with van der Waals surface area (Å²) < 4.78 is 5.93. The van der Waals surface area contributed by atoms with Crippen LogP contribution in [0.1, 0.15) is 0 Å². The highest BCUT2D eigenvalue weighted by Crippen LogP contribution is 2.16. The number of ether oxygens (including phenoxy) is 1. The molecule has 1 aromatic heterocycles. The number of para-hydroxylation sites is 2. The molecule has 2 rings (SSSR count). The van der Waals surface area contributed by atoms with Gasteiger partial charge in [0, 0.05) is 12.1 Å². The Morgan fingerprint density at radius 2 is 2.10 bits per heavy atom. The molecule has 0 unspecified atom stereocenters. The van der Waals surface area contributed by atoms with Gasteiger partial charge < -0.3 is 15.8 Å². The topological polar surface area (TPSA) is 99.2 Å². The first kappa shape index (κ1) is 13.6. The third-order valence-corrected chi connectivity index (χ3v) is 2.58. The molecule has 0 atom stereocenters. The van der Waals surface area contributed by atoms with E-state index in [9.17, 15) is 9.59 Å². The predicted molar refractivity (Wildman–Crippen MR) is 74.5 cm³/mol. The molecular weight excluding hydrogens is 260 g/mol. The van der Waals surface area contributed by atoms with E-state index in [2.05, 4.69) is 10.4 Å². The Hall–Kier alpha value is -2.83. The average molecular weight is 274 g/mol. The molecule has 0 aliphatic heterocycles. The number of nitrogens with one attached hydrogen (secondary N) is 1. The molecule has 0 saturated carbocycles. The van der Waals surface area contributed by atoms with Crippen LogP contribution < -0.4 is 21.3 Å². The summed E-state index contributed by atoms with van der Waals surface area (Å²) in [7, 11) is 1.43. The number of amides is 1. The first-order valence-electron chi connectivity index (χ1n) is 5.86. The van der Waals surface area contributed by atoms with Gasteiger partial charge in [-0.05, 0) is 12.1 Å². The fourth-order valence-electron chi connectivity index (χ4n) is 1.59. The smallest absolute Gasteiger partial charge is 0.267 e. The molecule has 0 bridgehead atoms. The van der Waals surface area contributed by atoms with Crippen molar-refractivity contribution in [1.29, 1.82) is 0 Å². The number of nitrogen functional groups attached to an aromatic ring is 1. The number of methoxy groups -OCH3 is 1. The van der Waals surface area contributed by atoms with Gasteiger partial charge in [-0.1, -0.05) is 12.1 Å². The number of anilines is 2. The first-order valence-corrected chi connectivity index (χ1v) is 5.86. The zero-order valence-corrected chi connectivity index (χ0v) is 10.9. The maximum atomic E-state index is 11.9. The van der Waals surface area contributed by atoms with Crippen LogP contribution in [0.5, 0.6) is 5.88 Å². The molecular formula is C13H14N4O3. The van der Waals surface area contributed by atoms with E-state index in [1.807, 2.05) is 0 Å². The van der Waals surface area contributed by atoms with E-state index in [1.54, 1.807) is 24.3 Å². The van der Waals surface area contributed by atoms with Gasteiger partial charge in [-0.25, -0.2) is 4.68 Å². The van der Waals surface area contributed by atoms with Crippen molar-refractivity contribution >= 4 is 17.3 Å². The van der Waals surface area contributed by atoms with Crippen LogP contribution in [0.15, 0.2) is 41.2 Å². The molecule has 0 saturated heterocycles. The highest BCUT2D eigenvalue weighted by molar-refractivity contribution is 5.93. The van der Waals surface area contributed by atoms with E-state index < -0.39 is 5.91 Å². The number of rotatable bonds is 4. The standard InChI is InChI=1S/C13H14N4O3/c1-20-12-6-7-13(19)17(16-12)8-11(18)15-10-5-3-2-4-9(10)14/h2-7H,8,14H2,1H3,(H,15,18). The number of carbonyl (C=O) groups excluding carboxylic acids is 1. The number of hydrogen-bond donors (Lipinski definition) is 2. The number of benzene rings is 1. The van der Waals surface area contributed by atoms with Gasteiger partial charge in [-0.2, -0.15) is 0 Å². The number of nitrogens with two attached hydrogens (primary N) is 1. The minimum absolute atomic E-state index is 0.218. The van der Waals surface area contributed by atoms with E-state index in [0.717, 1.165) is 4.68 Å². The first-order chi connectivity index (χ1) is 9.60. The van der Waals surface area contributed by atoms with Crippen LogP contribution in [-0.2, 0) is 11.3 Å². The van der Waals surface area contributed by atoms with E-state index in [0.29, 0.717) is 11.4 Å². The van der Waals surface area contributed by atoms with Gasteiger partial charge in [-0.15, -0.1) is 5.10 Å². The third-order valence-electron chi connectivity index (χ3n) is 2.58. The summed E-state index contributed by atoms with van der Waals surface area (Å²) in [4.78, 5) is 23.5. The molecule has 7 nitrogen and oxygen atoms in total. The summed E-state index contributed by atoms with van der Waals surface area (Å²) in [5, 5.41) is 6.50. The Bertz CT molecular complexity index is 681. The van der Waals surface area contributed by atoms with Gasteiger partial charge in [-0.3, -0.25) is 9.59 Å². The van der Waals surface area contributed by atoms with Crippen molar-refractivity contribution < 1.29 is 9.53 Å². The molecule has 0 aliphatic rings. The quantitative estimate of drug-likeness (QED) is 0.790. The van der Waals surface area contributed by atoms with Gasteiger partial charge in [0.1, 0.15) is 6.54 Å². The number of carbonyl (C=O) groups is 1. The zero-order chi connectivity index (χ0) is 14.5. The summed E-state index contributed by atoms with van der Waals surface area (Å²) in [5.41, 5.74) is 6.28. The summed E-state index contributed by atoms with van der Waals surface area (Å²) in [5.74, 6) is -0.137. The maximum absolute atomic E-state index is 11.9. The lowest BCUT2D eigenvalue weighted by molar-refractivity contribution is -0.117. The van der Waals surface area contributed by atoms with Crippen molar-refractivity contribution in [2.24, 2.45) is 0 Å². The van der Waals surface area contributed by atoms with Crippen molar-refractivity contribution in [3.63, 3.8) is 0 Å². The molecule has 104 valence electrons. The van der Waals surface area contributed by atoms with Gasteiger partial charge in [0.2, 0.25) is 11.8 Å². The second-order valence-corrected chi connectivity index (χ2v) is 4.01. The second-order valence-electron chi connectivity index (χ2n) is 4.01. The van der Waals surface area contributed by atoms with Crippen LogP contribution in [-0.4, -0.2) is 22.8 Å². The molecule has 1 amide bonds. The SMILES string of the molecule is COc1ccc(=O)n(CC(=O)Nc2ccccc2N)n1. The second kappa shape index (κ2) is 5.87. The summed E-state index contributed by atoms with van der Waals surface area (Å²) in [6, 6.07) is 9.59. The Morgan fingerprint density at radius 1 is 1.35 bits per heavy atom. The van der Waals surface area contributed by atoms with Crippen LogP contribution in [0, 0.1) is 0 Å². The highest BCUT2D eigenvalue weighted by atomic mass is 16.5. The summed E-state index contributed by atoms with van der Waals surface area (Å²) >= 11 is 0. The van der Waals surface area contributed by atoms with Crippen molar-refractivity contribution in [3.8, 4) is 5.88 Å². The van der Waals surface area contributed by atoms with Crippen LogP contribution >= 0.6 is 0 Å². The van der Waals surface area contributed by atoms with Crippen LogP contribution in [0.25, 0.3) is 0 Å². The third kappa shape index (κ3) is 3.14. The van der Waals surface area contributed by atoms with Gasteiger partial charge in [0.25, 0.3) is 5.56 Å². The van der Waals surface area contributed by atoms with Crippen LogP contribution in [0.4, 0.5) is 11.4 Å². The average Bonchev–Trinajstić information content (AvgIpc) is 2.44. The van der Waals surface area contributed by atoms with Gasteiger partial charge in [0.15, 0.2) is 0 Å². The largest absolute Gasteiger partial charge is 0.480 e. The molecule has 20 heavy (non-hydrogen) atoms. The normalized spacial score (nSPS) is 10.1. The van der Waals surface area contributed by atoms with E-state index in [1.165, 1.54) is 19.2 Å². The fraction of sp³-hybridized carbons (Fsp3) is 0.154. The summed E-state index contributed by atoms with van der Waals surface area (Å²) in [6.07, 6.45) is 0. The molecule has 0 spiro atoms. The van der Waals surface area contributed by atoms with Gasteiger partial charge in [0.05, 0.1) is 18.5 Å². The van der Waals surface area contributed by atoms with E-state index >= 15 is 0 Å². The Labute approximate surface area is 115 Å². The molecule has 0 aliphatic carbocycles. The lowest BCUT2D eigenvalue weighted by Crippen LogP contribution is -2.29. The molecule has 3 N–H and O–H groups in total. The Kier molecular flexibility index (Phi) is 3.99. The fourth-order valence-corrected chi connectivity index (χ4v) is 1.59. The molecule has 7 heteroatoms. The lowest BCUT2D eigenvalue weighted by Gasteiger charge is -2.09. The van der Waals surface area contributed by atoms with E-state index in [-0.39, 0.29) is 18.0 Å². The molecule has 2 aromatic rings. The number of nitrogens with zero attached hydrogens (tertiary/aromatic N) is 2. The lowest BCUT2D eigenvalue weighted by atomic mass is 10.2. The van der Waals surface area contributed by atoms with Crippen molar-refractivity contribution in [3.05, 3.63) is 46.8 Å².